The second-order valence-corrected chi connectivity index (χ2v) is 5.47. The number of hydrogen-bond acceptors (Lipinski definition) is 1. The molecular formula is C13H16ClFO. The molecule has 0 saturated heterocycles. The minimum absolute atomic E-state index is 0.0623. The van der Waals surface area contributed by atoms with Gasteiger partial charge in [-0.1, -0.05) is 13.8 Å². The number of alkyl halides is 1. The lowest BCUT2D eigenvalue weighted by molar-refractivity contribution is 0.168. The molecule has 1 atom stereocenters. The van der Waals surface area contributed by atoms with Gasteiger partial charge in [0.2, 0.25) is 0 Å². The first kappa shape index (κ1) is 11.7. The van der Waals surface area contributed by atoms with Crippen molar-refractivity contribution in [3.8, 4) is 5.75 Å². The lowest BCUT2D eigenvalue weighted by Crippen LogP contribution is -2.25. The van der Waals surface area contributed by atoms with Crippen molar-refractivity contribution in [1.82, 2.24) is 0 Å². The minimum Gasteiger partial charge on any atom is -0.490 e. The SMILES string of the molecule is CC(C)(CCl)CC1Cc2cc(F)ccc2O1. The first-order valence-electron chi connectivity index (χ1n) is 5.51. The van der Waals surface area contributed by atoms with E-state index in [9.17, 15) is 4.39 Å². The van der Waals surface area contributed by atoms with Crippen molar-refractivity contribution in [3.63, 3.8) is 0 Å². The highest BCUT2D eigenvalue weighted by Crippen LogP contribution is 2.35. The average molecular weight is 243 g/mol. The molecule has 1 heterocycles. The molecule has 88 valence electrons. The Morgan fingerprint density at radius 3 is 2.94 bits per heavy atom. The zero-order chi connectivity index (χ0) is 11.8. The minimum atomic E-state index is -0.195. The lowest BCUT2D eigenvalue weighted by atomic mass is 9.87. The van der Waals surface area contributed by atoms with Crippen LogP contribution in [0.15, 0.2) is 18.2 Å². The molecule has 3 heteroatoms. The van der Waals surface area contributed by atoms with Gasteiger partial charge in [-0.2, -0.15) is 0 Å². The van der Waals surface area contributed by atoms with Crippen LogP contribution in [0.2, 0.25) is 0 Å². The summed E-state index contributed by atoms with van der Waals surface area (Å²) in [6.07, 6.45) is 1.81. The van der Waals surface area contributed by atoms with Gasteiger partial charge in [0, 0.05) is 17.9 Å². The Labute approximate surface area is 101 Å². The number of halogens is 2. The predicted octanol–water partition coefficient (Wildman–Crippen LogP) is 3.78. The van der Waals surface area contributed by atoms with Crippen LogP contribution in [0.1, 0.15) is 25.8 Å². The maximum atomic E-state index is 13.0. The van der Waals surface area contributed by atoms with E-state index < -0.39 is 0 Å². The van der Waals surface area contributed by atoms with Crippen molar-refractivity contribution in [1.29, 1.82) is 0 Å². The van der Waals surface area contributed by atoms with Gasteiger partial charge in [-0.3, -0.25) is 0 Å². The highest BCUT2D eigenvalue weighted by molar-refractivity contribution is 6.18. The van der Waals surface area contributed by atoms with Crippen molar-refractivity contribution in [2.24, 2.45) is 5.41 Å². The van der Waals surface area contributed by atoms with Crippen LogP contribution in [0.25, 0.3) is 0 Å². The van der Waals surface area contributed by atoms with Gasteiger partial charge < -0.3 is 4.74 Å². The summed E-state index contributed by atoms with van der Waals surface area (Å²) in [5, 5.41) is 0. The van der Waals surface area contributed by atoms with Gasteiger partial charge in [0.15, 0.2) is 0 Å². The molecule has 0 spiro atoms. The molecule has 0 N–H and O–H groups in total. The van der Waals surface area contributed by atoms with Crippen LogP contribution in [-0.2, 0) is 6.42 Å². The first-order chi connectivity index (χ1) is 7.50. The summed E-state index contributed by atoms with van der Waals surface area (Å²) in [6, 6.07) is 4.70. The number of fused-ring (bicyclic) bond motifs is 1. The topological polar surface area (TPSA) is 9.23 Å². The summed E-state index contributed by atoms with van der Waals surface area (Å²) in [7, 11) is 0. The molecule has 1 aromatic rings. The van der Waals surface area contributed by atoms with Crippen molar-refractivity contribution in [2.45, 2.75) is 32.8 Å². The summed E-state index contributed by atoms with van der Waals surface area (Å²) in [4.78, 5) is 0. The third kappa shape index (κ3) is 2.49. The maximum Gasteiger partial charge on any atom is 0.123 e. The smallest absolute Gasteiger partial charge is 0.123 e. The average Bonchev–Trinajstić information content (AvgIpc) is 2.58. The number of benzene rings is 1. The Bertz CT molecular complexity index is 390. The molecule has 1 aliphatic heterocycles. The monoisotopic (exact) mass is 242 g/mol. The zero-order valence-corrected chi connectivity index (χ0v) is 10.4. The third-order valence-corrected chi connectivity index (χ3v) is 3.63. The molecule has 1 aromatic carbocycles. The molecule has 1 aliphatic rings. The fraction of sp³-hybridized carbons (Fsp3) is 0.538. The molecule has 16 heavy (non-hydrogen) atoms. The Morgan fingerprint density at radius 2 is 2.25 bits per heavy atom. The van der Waals surface area contributed by atoms with Crippen molar-refractivity contribution < 1.29 is 9.13 Å². The van der Waals surface area contributed by atoms with E-state index in [0.717, 1.165) is 24.2 Å². The molecule has 0 amide bonds. The first-order valence-corrected chi connectivity index (χ1v) is 6.05. The van der Waals surface area contributed by atoms with Gasteiger partial charge in [0.25, 0.3) is 0 Å². The molecule has 1 nitrogen and oxygen atoms in total. The Hall–Kier alpha value is -0.760. The van der Waals surface area contributed by atoms with Crippen LogP contribution in [0, 0.1) is 11.2 Å². The fourth-order valence-electron chi connectivity index (χ4n) is 2.07. The second kappa shape index (κ2) is 4.25. The van der Waals surface area contributed by atoms with Crippen LogP contribution in [0.3, 0.4) is 0 Å². The van der Waals surface area contributed by atoms with Crippen molar-refractivity contribution in [2.75, 3.05) is 5.88 Å². The van der Waals surface area contributed by atoms with Crippen molar-refractivity contribution in [3.05, 3.63) is 29.6 Å². The largest absolute Gasteiger partial charge is 0.490 e. The quantitative estimate of drug-likeness (QED) is 0.733. The Kier molecular flexibility index (Phi) is 3.11. The zero-order valence-electron chi connectivity index (χ0n) is 9.59. The summed E-state index contributed by atoms with van der Waals surface area (Å²) < 4.78 is 18.8. The van der Waals surface area contributed by atoms with E-state index in [0.29, 0.717) is 5.88 Å². The number of ether oxygens (including phenoxy) is 1. The molecule has 0 saturated carbocycles. The van der Waals surface area contributed by atoms with Crippen LogP contribution in [0.4, 0.5) is 4.39 Å². The van der Waals surface area contributed by atoms with Crippen LogP contribution in [0.5, 0.6) is 5.75 Å². The summed E-state index contributed by atoms with van der Waals surface area (Å²) in [6.45, 7) is 4.24. The normalized spacial score (nSPS) is 19.4. The van der Waals surface area contributed by atoms with E-state index in [-0.39, 0.29) is 17.3 Å². The molecule has 1 unspecified atom stereocenters. The van der Waals surface area contributed by atoms with E-state index in [1.165, 1.54) is 6.07 Å². The molecular weight excluding hydrogens is 227 g/mol. The summed E-state index contributed by atoms with van der Waals surface area (Å²) in [5.41, 5.74) is 1.03. The lowest BCUT2D eigenvalue weighted by Gasteiger charge is -2.24. The Morgan fingerprint density at radius 1 is 1.50 bits per heavy atom. The molecule has 0 fully saturated rings. The molecule has 0 aliphatic carbocycles. The van der Waals surface area contributed by atoms with E-state index in [4.69, 9.17) is 16.3 Å². The highest BCUT2D eigenvalue weighted by Gasteiger charge is 2.29. The summed E-state index contributed by atoms with van der Waals surface area (Å²) >= 11 is 5.89. The van der Waals surface area contributed by atoms with Gasteiger partial charge in [-0.05, 0) is 30.0 Å². The van der Waals surface area contributed by atoms with E-state index in [2.05, 4.69) is 13.8 Å². The van der Waals surface area contributed by atoms with Gasteiger partial charge in [0.1, 0.15) is 17.7 Å². The molecule has 0 aromatic heterocycles. The van der Waals surface area contributed by atoms with Crippen LogP contribution in [-0.4, -0.2) is 12.0 Å². The fourth-order valence-corrected chi connectivity index (χ4v) is 2.18. The molecule has 2 rings (SSSR count). The van der Waals surface area contributed by atoms with Crippen molar-refractivity contribution >= 4 is 11.6 Å². The van der Waals surface area contributed by atoms with Crippen LogP contribution >= 0.6 is 11.6 Å². The highest BCUT2D eigenvalue weighted by atomic mass is 35.5. The third-order valence-electron chi connectivity index (χ3n) is 2.91. The van der Waals surface area contributed by atoms with E-state index in [1.54, 1.807) is 12.1 Å². The second-order valence-electron chi connectivity index (χ2n) is 5.20. The molecule has 0 radical (unpaired) electrons. The maximum absolute atomic E-state index is 13.0. The molecule has 0 bridgehead atoms. The van der Waals surface area contributed by atoms with Gasteiger partial charge in [-0.15, -0.1) is 11.6 Å². The summed E-state index contributed by atoms with van der Waals surface area (Å²) in [5.74, 6) is 1.23. The predicted molar refractivity (Wildman–Crippen MR) is 63.6 cm³/mol. The van der Waals surface area contributed by atoms with Crippen LogP contribution < -0.4 is 4.74 Å². The van der Waals surface area contributed by atoms with E-state index >= 15 is 0 Å². The standard InChI is InChI=1S/C13H16ClFO/c1-13(2,8-14)7-11-6-9-5-10(15)3-4-12(9)16-11/h3-5,11H,6-8H2,1-2H3. The van der Waals surface area contributed by atoms with Gasteiger partial charge in [-0.25, -0.2) is 4.39 Å². The van der Waals surface area contributed by atoms with Gasteiger partial charge >= 0.3 is 0 Å². The van der Waals surface area contributed by atoms with Gasteiger partial charge in [0.05, 0.1) is 0 Å². The Balaban J connectivity index is 2.06. The number of rotatable bonds is 3. The number of hydrogen-bond donors (Lipinski definition) is 0. The van der Waals surface area contributed by atoms with E-state index in [1.807, 2.05) is 0 Å².